The number of fused-ring (bicyclic) bond motifs is 1. The molecule has 0 aliphatic carbocycles. The van der Waals surface area contributed by atoms with Gasteiger partial charge in [-0.25, -0.2) is 8.42 Å². The highest BCUT2D eigenvalue weighted by atomic mass is 32.2. The Morgan fingerprint density at radius 2 is 1.79 bits per heavy atom. The van der Waals surface area contributed by atoms with Gasteiger partial charge >= 0.3 is 0 Å². The zero-order valence-electron chi connectivity index (χ0n) is 18.0. The van der Waals surface area contributed by atoms with Gasteiger partial charge in [-0.15, -0.1) is 0 Å². The molecular formula is C25H24N4O3S. The van der Waals surface area contributed by atoms with E-state index in [9.17, 15) is 13.2 Å². The van der Waals surface area contributed by atoms with Crippen molar-refractivity contribution in [1.29, 1.82) is 0 Å². The number of hydrogen-bond donors (Lipinski definition) is 2. The van der Waals surface area contributed by atoms with Crippen molar-refractivity contribution < 1.29 is 13.2 Å². The summed E-state index contributed by atoms with van der Waals surface area (Å²) in [6, 6.07) is 17.4. The molecule has 0 radical (unpaired) electrons. The lowest BCUT2D eigenvalue weighted by molar-refractivity contribution is 0.0946. The monoisotopic (exact) mass is 460 g/mol. The Morgan fingerprint density at radius 1 is 1.00 bits per heavy atom. The van der Waals surface area contributed by atoms with E-state index in [2.05, 4.69) is 20.2 Å². The second kappa shape index (κ2) is 8.71. The van der Waals surface area contributed by atoms with Crippen molar-refractivity contribution >= 4 is 32.3 Å². The van der Waals surface area contributed by atoms with Crippen molar-refractivity contribution in [3.05, 3.63) is 84.3 Å². The van der Waals surface area contributed by atoms with Crippen LogP contribution in [0.3, 0.4) is 0 Å². The van der Waals surface area contributed by atoms with Crippen LogP contribution in [0.15, 0.2) is 82.8 Å². The standard InChI is InChI=1S/C25H24N4O3S/c30-25(24-14-19-17-26-11-10-23(19)28-24)27-16-18-6-8-21(9-7-18)33(31,32)22-5-3-4-20(15-22)29-12-1-2-13-29/h3-11,14-15,17,28H,1-2,12-13,16H2,(H,27,30). The van der Waals surface area contributed by atoms with E-state index < -0.39 is 9.84 Å². The van der Waals surface area contributed by atoms with Crippen molar-refractivity contribution in [2.24, 2.45) is 0 Å². The van der Waals surface area contributed by atoms with Crippen LogP contribution in [0.1, 0.15) is 28.9 Å². The topological polar surface area (TPSA) is 95.2 Å². The maximum atomic E-state index is 13.2. The summed E-state index contributed by atoms with van der Waals surface area (Å²) in [7, 11) is -3.62. The first-order valence-corrected chi connectivity index (χ1v) is 12.4. The number of sulfone groups is 1. The third kappa shape index (κ3) is 4.34. The van der Waals surface area contributed by atoms with Crippen molar-refractivity contribution in [2.45, 2.75) is 29.2 Å². The van der Waals surface area contributed by atoms with Crippen LogP contribution in [0.4, 0.5) is 5.69 Å². The fraction of sp³-hybridized carbons (Fsp3) is 0.200. The number of carbonyl (C=O) groups is 1. The number of hydrogen-bond acceptors (Lipinski definition) is 5. The SMILES string of the molecule is O=C(NCc1ccc(S(=O)(=O)c2cccc(N3CCCC3)c2)cc1)c1cc2cnccc2[nH]1. The Balaban J connectivity index is 1.28. The second-order valence-electron chi connectivity index (χ2n) is 8.17. The first-order valence-electron chi connectivity index (χ1n) is 10.9. The lowest BCUT2D eigenvalue weighted by Crippen LogP contribution is -2.23. The van der Waals surface area contributed by atoms with E-state index in [0.717, 1.165) is 48.1 Å². The summed E-state index contributed by atoms with van der Waals surface area (Å²) in [5.41, 5.74) is 3.06. The summed E-state index contributed by atoms with van der Waals surface area (Å²) >= 11 is 0. The molecule has 1 fully saturated rings. The molecule has 3 heterocycles. The molecule has 0 unspecified atom stereocenters. The highest BCUT2D eigenvalue weighted by Crippen LogP contribution is 2.27. The molecule has 8 heteroatoms. The van der Waals surface area contributed by atoms with Gasteiger partial charge in [0.15, 0.2) is 0 Å². The van der Waals surface area contributed by atoms with Gasteiger partial charge in [0.1, 0.15) is 5.69 Å². The number of anilines is 1. The normalized spacial score (nSPS) is 14.0. The molecule has 0 saturated carbocycles. The van der Waals surface area contributed by atoms with Crippen molar-refractivity contribution in [2.75, 3.05) is 18.0 Å². The van der Waals surface area contributed by atoms with Gasteiger partial charge in [0.05, 0.1) is 9.79 Å². The highest BCUT2D eigenvalue weighted by molar-refractivity contribution is 7.91. The largest absolute Gasteiger partial charge is 0.372 e. The van der Waals surface area contributed by atoms with E-state index in [4.69, 9.17) is 0 Å². The number of carbonyl (C=O) groups excluding carboxylic acids is 1. The lowest BCUT2D eigenvalue weighted by Gasteiger charge is -2.18. The number of pyridine rings is 1. The van der Waals surface area contributed by atoms with Crippen LogP contribution in [-0.2, 0) is 16.4 Å². The molecule has 0 bridgehead atoms. The fourth-order valence-electron chi connectivity index (χ4n) is 4.12. The minimum Gasteiger partial charge on any atom is -0.372 e. The molecule has 1 aliphatic heterocycles. The van der Waals surface area contributed by atoms with Crippen LogP contribution in [0.5, 0.6) is 0 Å². The minimum absolute atomic E-state index is 0.235. The molecule has 0 atom stereocenters. The predicted molar refractivity (Wildman–Crippen MR) is 127 cm³/mol. The molecule has 7 nitrogen and oxygen atoms in total. The van der Waals surface area contributed by atoms with E-state index in [0.29, 0.717) is 10.6 Å². The Morgan fingerprint density at radius 3 is 2.55 bits per heavy atom. The Kier molecular flexibility index (Phi) is 5.60. The third-order valence-electron chi connectivity index (χ3n) is 5.95. The number of aromatic amines is 1. The van der Waals surface area contributed by atoms with Crippen LogP contribution in [0, 0.1) is 0 Å². The number of nitrogens with one attached hydrogen (secondary N) is 2. The molecule has 1 aliphatic rings. The summed E-state index contributed by atoms with van der Waals surface area (Å²) in [6.07, 6.45) is 5.63. The highest BCUT2D eigenvalue weighted by Gasteiger charge is 2.20. The average Bonchev–Trinajstić information content (AvgIpc) is 3.53. The summed E-state index contributed by atoms with van der Waals surface area (Å²) in [4.78, 5) is 22.3. The molecule has 1 saturated heterocycles. The number of nitrogens with zero attached hydrogens (tertiary/aromatic N) is 2. The van der Waals surface area contributed by atoms with Gasteiger partial charge in [0.25, 0.3) is 5.91 Å². The Bertz CT molecular complexity index is 1370. The number of amides is 1. The maximum absolute atomic E-state index is 13.2. The molecule has 2 aromatic heterocycles. The summed E-state index contributed by atoms with van der Waals surface area (Å²) in [5, 5.41) is 3.73. The molecule has 4 aromatic rings. The van der Waals surface area contributed by atoms with Gasteiger partial charge < -0.3 is 15.2 Å². The van der Waals surface area contributed by atoms with Crippen molar-refractivity contribution in [1.82, 2.24) is 15.3 Å². The van der Waals surface area contributed by atoms with E-state index in [1.807, 2.05) is 12.1 Å². The molecule has 2 aromatic carbocycles. The lowest BCUT2D eigenvalue weighted by atomic mass is 10.2. The van der Waals surface area contributed by atoms with E-state index in [-0.39, 0.29) is 17.3 Å². The fourth-order valence-corrected chi connectivity index (χ4v) is 5.42. The molecular weight excluding hydrogens is 436 g/mol. The summed E-state index contributed by atoms with van der Waals surface area (Å²) in [5.74, 6) is -0.235. The quantitative estimate of drug-likeness (QED) is 0.455. The first-order chi connectivity index (χ1) is 16.0. The van der Waals surface area contributed by atoms with Crippen LogP contribution >= 0.6 is 0 Å². The van der Waals surface area contributed by atoms with Crippen LogP contribution in [-0.4, -0.2) is 37.4 Å². The number of benzene rings is 2. The zero-order chi connectivity index (χ0) is 22.8. The van der Waals surface area contributed by atoms with Gasteiger partial charge in [-0.2, -0.15) is 0 Å². The van der Waals surface area contributed by atoms with Gasteiger partial charge in [-0.3, -0.25) is 9.78 Å². The van der Waals surface area contributed by atoms with Crippen molar-refractivity contribution in [3.63, 3.8) is 0 Å². The van der Waals surface area contributed by atoms with Crippen LogP contribution < -0.4 is 10.2 Å². The first kappa shape index (κ1) is 21.2. The number of aromatic nitrogens is 2. The van der Waals surface area contributed by atoms with Crippen molar-refractivity contribution in [3.8, 4) is 0 Å². The number of H-pyrrole nitrogens is 1. The molecule has 168 valence electrons. The third-order valence-corrected chi connectivity index (χ3v) is 7.72. The molecule has 2 N–H and O–H groups in total. The van der Waals surface area contributed by atoms with E-state index in [1.54, 1.807) is 60.9 Å². The van der Waals surface area contributed by atoms with Gasteiger partial charge in [-0.1, -0.05) is 18.2 Å². The number of rotatable bonds is 6. The van der Waals surface area contributed by atoms with Gasteiger partial charge in [0, 0.05) is 48.6 Å². The molecule has 5 rings (SSSR count). The minimum atomic E-state index is -3.62. The van der Waals surface area contributed by atoms with Gasteiger partial charge in [0.2, 0.25) is 9.84 Å². The molecule has 0 spiro atoms. The van der Waals surface area contributed by atoms with E-state index in [1.165, 1.54) is 0 Å². The smallest absolute Gasteiger partial charge is 0.267 e. The maximum Gasteiger partial charge on any atom is 0.267 e. The van der Waals surface area contributed by atoms with Gasteiger partial charge in [-0.05, 0) is 60.9 Å². The molecule has 33 heavy (non-hydrogen) atoms. The summed E-state index contributed by atoms with van der Waals surface area (Å²) in [6.45, 7) is 2.20. The second-order valence-corrected chi connectivity index (χ2v) is 10.1. The summed E-state index contributed by atoms with van der Waals surface area (Å²) < 4.78 is 26.3. The van der Waals surface area contributed by atoms with Crippen LogP contribution in [0.2, 0.25) is 0 Å². The predicted octanol–water partition coefficient (Wildman–Crippen LogP) is 3.93. The Hall–Kier alpha value is -3.65. The van der Waals surface area contributed by atoms with Crippen LogP contribution in [0.25, 0.3) is 10.9 Å². The van der Waals surface area contributed by atoms with E-state index >= 15 is 0 Å². The Labute approximate surface area is 192 Å². The zero-order valence-corrected chi connectivity index (χ0v) is 18.8. The average molecular weight is 461 g/mol. The molecule has 1 amide bonds.